The summed E-state index contributed by atoms with van der Waals surface area (Å²) in [5.41, 5.74) is 8.75. The highest BCUT2D eigenvalue weighted by atomic mass is 16.5. The molecule has 0 aliphatic heterocycles. The van der Waals surface area contributed by atoms with Crippen LogP contribution in [0.3, 0.4) is 0 Å². The molecule has 0 atom stereocenters. The number of methoxy groups -OCH3 is 1. The molecule has 2 rings (SSSR count). The van der Waals surface area contributed by atoms with Gasteiger partial charge < -0.3 is 15.4 Å². The van der Waals surface area contributed by atoms with E-state index in [0.29, 0.717) is 11.4 Å². The molecule has 0 unspecified atom stereocenters. The van der Waals surface area contributed by atoms with Gasteiger partial charge in [-0.1, -0.05) is 24.3 Å². The number of nitrogens with two attached hydrogens (primary N) is 1. The molecule has 0 aromatic heterocycles. The number of ether oxygens (including phenoxy) is 1. The van der Waals surface area contributed by atoms with E-state index in [0.717, 1.165) is 11.4 Å². The zero-order chi connectivity index (χ0) is 12.3. The van der Waals surface area contributed by atoms with E-state index < -0.39 is 0 Å². The SMILES string of the molecule is COc1cccc(N(C)c2ccccc2)c1N. The third-order valence-electron chi connectivity index (χ3n) is 2.77. The van der Waals surface area contributed by atoms with Crippen molar-refractivity contribution in [2.45, 2.75) is 0 Å². The first-order chi connectivity index (χ1) is 8.24. The molecule has 2 aromatic carbocycles. The summed E-state index contributed by atoms with van der Waals surface area (Å²) >= 11 is 0. The van der Waals surface area contributed by atoms with E-state index in [4.69, 9.17) is 10.5 Å². The normalized spacial score (nSPS) is 10.0. The summed E-state index contributed by atoms with van der Waals surface area (Å²) < 4.78 is 5.22. The molecule has 2 aromatic rings. The van der Waals surface area contributed by atoms with Crippen LogP contribution < -0.4 is 15.4 Å². The second kappa shape index (κ2) is 4.78. The fourth-order valence-electron chi connectivity index (χ4n) is 1.79. The first-order valence-corrected chi connectivity index (χ1v) is 5.45. The summed E-state index contributed by atoms with van der Waals surface area (Å²) in [7, 11) is 3.61. The minimum Gasteiger partial charge on any atom is -0.495 e. The van der Waals surface area contributed by atoms with Crippen molar-refractivity contribution in [1.29, 1.82) is 0 Å². The quantitative estimate of drug-likeness (QED) is 0.820. The Morgan fingerprint density at radius 2 is 1.71 bits per heavy atom. The van der Waals surface area contributed by atoms with Gasteiger partial charge in [0.25, 0.3) is 0 Å². The van der Waals surface area contributed by atoms with E-state index >= 15 is 0 Å². The van der Waals surface area contributed by atoms with Crippen LogP contribution in [0.25, 0.3) is 0 Å². The molecular formula is C14H16N2O. The molecule has 0 spiro atoms. The number of nitrogen functional groups attached to an aromatic ring is 1. The summed E-state index contributed by atoms with van der Waals surface area (Å²) in [5.74, 6) is 0.699. The molecule has 3 nitrogen and oxygen atoms in total. The van der Waals surface area contributed by atoms with Crippen LogP contribution in [-0.2, 0) is 0 Å². The molecule has 0 bridgehead atoms. The minimum absolute atomic E-state index is 0.654. The summed E-state index contributed by atoms with van der Waals surface area (Å²) in [6.45, 7) is 0. The smallest absolute Gasteiger partial charge is 0.143 e. The predicted molar refractivity (Wildman–Crippen MR) is 71.9 cm³/mol. The van der Waals surface area contributed by atoms with E-state index in [-0.39, 0.29) is 0 Å². The molecule has 0 saturated heterocycles. The lowest BCUT2D eigenvalue weighted by molar-refractivity contribution is 0.417. The Balaban J connectivity index is 2.41. The highest BCUT2D eigenvalue weighted by Crippen LogP contribution is 2.34. The van der Waals surface area contributed by atoms with Gasteiger partial charge in [0.15, 0.2) is 0 Å². The van der Waals surface area contributed by atoms with Crippen LogP contribution in [0.15, 0.2) is 48.5 Å². The minimum atomic E-state index is 0.654. The van der Waals surface area contributed by atoms with E-state index in [1.54, 1.807) is 7.11 Å². The highest BCUT2D eigenvalue weighted by molar-refractivity contribution is 5.78. The van der Waals surface area contributed by atoms with Crippen molar-refractivity contribution in [3.05, 3.63) is 48.5 Å². The van der Waals surface area contributed by atoms with E-state index in [1.165, 1.54) is 0 Å². The number of para-hydroxylation sites is 2. The molecule has 17 heavy (non-hydrogen) atoms. The van der Waals surface area contributed by atoms with Crippen LogP contribution >= 0.6 is 0 Å². The Hall–Kier alpha value is -2.16. The van der Waals surface area contributed by atoms with Crippen LogP contribution in [0, 0.1) is 0 Å². The van der Waals surface area contributed by atoms with Gasteiger partial charge in [0.2, 0.25) is 0 Å². The van der Waals surface area contributed by atoms with Gasteiger partial charge in [0, 0.05) is 12.7 Å². The number of nitrogens with zero attached hydrogens (tertiary/aromatic N) is 1. The van der Waals surface area contributed by atoms with Gasteiger partial charge in [-0.15, -0.1) is 0 Å². The van der Waals surface area contributed by atoms with Crippen LogP contribution in [0.5, 0.6) is 5.75 Å². The average Bonchev–Trinajstić information content (AvgIpc) is 2.39. The number of rotatable bonds is 3. The monoisotopic (exact) mass is 228 g/mol. The predicted octanol–water partition coefficient (Wildman–Crippen LogP) is 3.05. The number of hydrogen-bond donors (Lipinski definition) is 1. The van der Waals surface area contributed by atoms with Gasteiger partial charge in [-0.3, -0.25) is 0 Å². The second-order valence-electron chi connectivity index (χ2n) is 3.79. The molecule has 0 aliphatic rings. The summed E-state index contributed by atoms with van der Waals surface area (Å²) in [5, 5.41) is 0. The Kier molecular flexibility index (Phi) is 3.19. The molecular weight excluding hydrogens is 212 g/mol. The van der Waals surface area contributed by atoms with Gasteiger partial charge >= 0.3 is 0 Å². The lowest BCUT2D eigenvalue weighted by Crippen LogP contribution is -2.11. The lowest BCUT2D eigenvalue weighted by Gasteiger charge is -2.22. The Morgan fingerprint density at radius 1 is 1.00 bits per heavy atom. The van der Waals surface area contributed by atoms with Crippen molar-refractivity contribution in [2.24, 2.45) is 0 Å². The second-order valence-corrected chi connectivity index (χ2v) is 3.79. The van der Waals surface area contributed by atoms with Crippen molar-refractivity contribution in [2.75, 3.05) is 24.8 Å². The first kappa shape index (κ1) is 11.3. The Labute approximate surface area is 101 Å². The average molecular weight is 228 g/mol. The number of hydrogen-bond acceptors (Lipinski definition) is 3. The van der Waals surface area contributed by atoms with Gasteiger partial charge in [0.1, 0.15) is 5.75 Å². The number of anilines is 3. The molecule has 3 heteroatoms. The van der Waals surface area contributed by atoms with Crippen molar-refractivity contribution >= 4 is 17.1 Å². The van der Waals surface area contributed by atoms with Crippen molar-refractivity contribution in [3.63, 3.8) is 0 Å². The van der Waals surface area contributed by atoms with Crippen molar-refractivity contribution < 1.29 is 4.74 Å². The molecule has 0 aliphatic carbocycles. The largest absolute Gasteiger partial charge is 0.495 e. The van der Waals surface area contributed by atoms with Crippen molar-refractivity contribution in [3.8, 4) is 5.75 Å². The molecule has 0 amide bonds. The third-order valence-corrected chi connectivity index (χ3v) is 2.77. The molecule has 0 radical (unpaired) electrons. The van der Waals surface area contributed by atoms with Gasteiger partial charge in [0.05, 0.1) is 18.5 Å². The van der Waals surface area contributed by atoms with E-state index in [9.17, 15) is 0 Å². The standard InChI is InChI=1S/C14H16N2O/c1-16(11-7-4-3-5-8-11)12-9-6-10-13(17-2)14(12)15/h3-10H,15H2,1-2H3. The lowest BCUT2D eigenvalue weighted by atomic mass is 10.2. The van der Waals surface area contributed by atoms with Crippen LogP contribution in [0.2, 0.25) is 0 Å². The maximum Gasteiger partial charge on any atom is 0.143 e. The van der Waals surface area contributed by atoms with Crippen LogP contribution in [0.1, 0.15) is 0 Å². The zero-order valence-electron chi connectivity index (χ0n) is 10.1. The maximum atomic E-state index is 6.07. The van der Waals surface area contributed by atoms with Gasteiger partial charge in [-0.05, 0) is 24.3 Å². The third kappa shape index (κ3) is 2.18. The molecule has 0 heterocycles. The Bertz CT molecular complexity index is 497. The fraction of sp³-hybridized carbons (Fsp3) is 0.143. The van der Waals surface area contributed by atoms with Gasteiger partial charge in [-0.2, -0.15) is 0 Å². The number of benzene rings is 2. The zero-order valence-corrected chi connectivity index (χ0v) is 10.1. The highest BCUT2D eigenvalue weighted by Gasteiger charge is 2.10. The van der Waals surface area contributed by atoms with Crippen LogP contribution in [0.4, 0.5) is 17.1 Å². The first-order valence-electron chi connectivity index (χ1n) is 5.45. The summed E-state index contributed by atoms with van der Waals surface area (Å²) in [4.78, 5) is 2.04. The fourth-order valence-corrected chi connectivity index (χ4v) is 1.79. The van der Waals surface area contributed by atoms with Crippen LogP contribution in [-0.4, -0.2) is 14.2 Å². The van der Waals surface area contributed by atoms with Gasteiger partial charge in [-0.25, -0.2) is 0 Å². The molecule has 2 N–H and O–H groups in total. The summed E-state index contributed by atoms with van der Waals surface area (Å²) in [6, 6.07) is 15.8. The van der Waals surface area contributed by atoms with E-state index in [2.05, 4.69) is 0 Å². The molecule has 88 valence electrons. The topological polar surface area (TPSA) is 38.5 Å². The molecule has 0 fully saturated rings. The summed E-state index contributed by atoms with van der Waals surface area (Å²) in [6.07, 6.45) is 0. The van der Waals surface area contributed by atoms with Crippen molar-refractivity contribution in [1.82, 2.24) is 0 Å². The molecule has 0 saturated carbocycles. The maximum absolute atomic E-state index is 6.07. The Morgan fingerprint density at radius 3 is 2.35 bits per heavy atom. The van der Waals surface area contributed by atoms with E-state index in [1.807, 2.05) is 60.5 Å².